The first-order valence-corrected chi connectivity index (χ1v) is 12.6. The van der Waals surface area contributed by atoms with Crippen molar-refractivity contribution in [1.82, 2.24) is 10.0 Å². The number of aromatic nitrogens is 1. The lowest BCUT2D eigenvalue weighted by Gasteiger charge is -2.31. The number of nitro groups is 1. The highest BCUT2D eigenvalue weighted by Crippen LogP contribution is 2.36. The van der Waals surface area contributed by atoms with Crippen LogP contribution in [0.4, 0.5) is 5.69 Å². The Morgan fingerprint density at radius 3 is 2.57 bits per heavy atom. The molecule has 0 radical (unpaired) electrons. The third-order valence-corrected chi connectivity index (χ3v) is 7.68. The maximum Gasteiger partial charge on any atom is 0.296 e. The number of amides is 1. The molecule has 12 heteroatoms. The highest BCUT2D eigenvalue weighted by molar-refractivity contribution is 7.86. The smallest absolute Gasteiger partial charge is 0.272 e. The van der Waals surface area contributed by atoms with Crippen LogP contribution in [0.3, 0.4) is 0 Å². The van der Waals surface area contributed by atoms with Gasteiger partial charge in [0.15, 0.2) is 0 Å². The van der Waals surface area contributed by atoms with Crippen molar-refractivity contribution in [1.29, 1.82) is 5.26 Å². The molecule has 35 heavy (non-hydrogen) atoms. The number of hydrogen-bond acceptors (Lipinski definition) is 9. The van der Waals surface area contributed by atoms with Gasteiger partial charge in [0.2, 0.25) is 5.91 Å². The van der Waals surface area contributed by atoms with Crippen LogP contribution in [0.5, 0.6) is 0 Å². The number of rotatable bonds is 7. The van der Waals surface area contributed by atoms with Crippen LogP contribution < -0.4 is 0 Å². The van der Waals surface area contributed by atoms with E-state index in [9.17, 15) is 23.3 Å². The Kier molecular flexibility index (Phi) is 7.39. The third kappa shape index (κ3) is 5.64. The van der Waals surface area contributed by atoms with Crippen molar-refractivity contribution in [3.8, 4) is 6.07 Å². The Balaban J connectivity index is 1.30. The molecule has 2 fully saturated rings. The molecule has 0 bridgehead atoms. The van der Waals surface area contributed by atoms with Crippen LogP contribution in [0.15, 0.2) is 47.6 Å². The van der Waals surface area contributed by atoms with Crippen molar-refractivity contribution in [2.75, 3.05) is 13.2 Å². The molecular formula is C23H24N4O7S. The number of hydroxylamine groups is 2. The highest BCUT2D eigenvalue weighted by atomic mass is 32.2. The van der Waals surface area contributed by atoms with E-state index in [1.165, 1.54) is 11.3 Å². The number of non-ortho nitro benzene ring substituents is 1. The summed E-state index contributed by atoms with van der Waals surface area (Å²) in [5.41, 5.74) is 0.976. The van der Waals surface area contributed by atoms with E-state index in [1.807, 2.05) is 0 Å². The van der Waals surface area contributed by atoms with E-state index in [2.05, 4.69) is 11.1 Å². The second-order valence-corrected chi connectivity index (χ2v) is 10.2. The van der Waals surface area contributed by atoms with Gasteiger partial charge in [0, 0.05) is 36.9 Å². The van der Waals surface area contributed by atoms with Gasteiger partial charge in [-0.15, -0.1) is 0 Å². The second-order valence-electron chi connectivity index (χ2n) is 8.63. The summed E-state index contributed by atoms with van der Waals surface area (Å²) in [6.45, 7) is 0.382. The minimum Gasteiger partial charge on any atom is -0.272 e. The third-order valence-electron chi connectivity index (χ3n) is 6.39. The molecule has 4 rings (SSSR count). The van der Waals surface area contributed by atoms with Crippen LogP contribution in [0.2, 0.25) is 0 Å². The van der Waals surface area contributed by atoms with Gasteiger partial charge in [-0.2, -0.15) is 13.7 Å². The average Bonchev–Trinajstić information content (AvgIpc) is 3.37. The first-order chi connectivity index (χ1) is 16.8. The van der Waals surface area contributed by atoms with E-state index in [1.54, 1.807) is 12.3 Å². The normalized spacial score (nSPS) is 22.5. The predicted molar refractivity (Wildman–Crippen MR) is 121 cm³/mol. The Hall–Kier alpha value is -3.40. The molecule has 2 heterocycles. The Morgan fingerprint density at radius 2 is 1.91 bits per heavy atom. The molecule has 11 nitrogen and oxygen atoms in total. The molecule has 0 N–H and O–H groups in total. The monoisotopic (exact) mass is 500 g/mol. The zero-order chi connectivity index (χ0) is 25.0. The fourth-order valence-corrected chi connectivity index (χ4v) is 5.41. The molecule has 1 aliphatic heterocycles. The number of hydrogen-bond donors (Lipinski definition) is 0. The lowest BCUT2D eigenvalue weighted by Crippen LogP contribution is -2.37. The topological polar surface area (TPSA) is 153 Å². The van der Waals surface area contributed by atoms with E-state index in [-0.39, 0.29) is 41.0 Å². The zero-order valence-corrected chi connectivity index (χ0v) is 19.6. The molecule has 2 aliphatic rings. The minimum atomic E-state index is -4.04. The van der Waals surface area contributed by atoms with Gasteiger partial charge in [-0.1, -0.05) is 0 Å². The summed E-state index contributed by atoms with van der Waals surface area (Å²) in [6.07, 6.45) is 6.12. The summed E-state index contributed by atoms with van der Waals surface area (Å²) in [7, 11) is -4.04. The molecule has 1 aliphatic carbocycles. The lowest BCUT2D eigenvalue weighted by atomic mass is 9.82. The lowest BCUT2D eigenvalue weighted by molar-refractivity contribution is -0.384. The SMILES string of the molecule is N#Cc1cncc([C@@H]2CCON2C(=O)[C@H]2CC[C@H](COS(=O)(=O)c3ccc([N+](=O)[O-])cc3)CC2)c1. The molecule has 1 saturated heterocycles. The number of pyridine rings is 1. The number of nitro benzene ring substituents is 1. The van der Waals surface area contributed by atoms with Gasteiger partial charge in [0.05, 0.1) is 34.6 Å². The number of benzene rings is 1. The minimum absolute atomic E-state index is 0.0182. The molecule has 1 atom stereocenters. The van der Waals surface area contributed by atoms with Crippen molar-refractivity contribution in [3.63, 3.8) is 0 Å². The quantitative estimate of drug-likeness (QED) is 0.316. The molecular weight excluding hydrogens is 476 g/mol. The van der Waals surface area contributed by atoms with Crippen molar-refractivity contribution in [3.05, 3.63) is 64.0 Å². The van der Waals surface area contributed by atoms with Crippen molar-refractivity contribution in [2.45, 2.75) is 43.0 Å². The van der Waals surface area contributed by atoms with E-state index < -0.39 is 15.0 Å². The summed E-state index contributed by atoms with van der Waals surface area (Å²) in [5.74, 6) is -0.392. The molecule has 1 amide bonds. The molecule has 1 aromatic heterocycles. The van der Waals surface area contributed by atoms with Crippen molar-refractivity contribution < 1.29 is 27.2 Å². The summed E-state index contributed by atoms with van der Waals surface area (Å²) in [6, 6.07) is 8.01. The maximum absolute atomic E-state index is 13.2. The van der Waals surface area contributed by atoms with E-state index in [0.717, 1.165) is 29.8 Å². The number of nitrogens with zero attached hydrogens (tertiary/aromatic N) is 4. The fraction of sp³-hybridized carbons (Fsp3) is 0.435. The van der Waals surface area contributed by atoms with Crippen LogP contribution >= 0.6 is 0 Å². The number of nitriles is 1. The van der Waals surface area contributed by atoms with Gasteiger partial charge in [0.1, 0.15) is 6.07 Å². The predicted octanol–water partition coefficient (Wildman–Crippen LogP) is 3.28. The van der Waals surface area contributed by atoms with Crippen LogP contribution in [0.1, 0.15) is 49.3 Å². The summed E-state index contributed by atoms with van der Waals surface area (Å²) in [5, 5.41) is 21.3. The largest absolute Gasteiger partial charge is 0.296 e. The zero-order valence-electron chi connectivity index (χ0n) is 18.8. The van der Waals surface area contributed by atoms with E-state index >= 15 is 0 Å². The van der Waals surface area contributed by atoms with Crippen LogP contribution in [-0.2, 0) is 23.9 Å². The Morgan fingerprint density at radius 1 is 1.20 bits per heavy atom. The van der Waals surface area contributed by atoms with Gasteiger partial charge in [-0.3, -0.25) is 28.9 Å². The highest BCUT2D eigenvalue weighted by Gasteiger charge is 2.37. The first-order valence-electron chi connectivity index (χ1n) is 11.2. The van der Waals surface area contributed by atoms with Gasteiger partial charge in [0.25, 0.3) is 15.8 Å². The van der Waals surface area contributed by atoms with Crippen LogP contribution in [0.25, 0.3) is 0 Å². The second kappa shape index (κ2) is 10.5. The average molecular weight is 501 g/mol. The Bertz CT molecular complexity index is 1240. The first kappa shape index (κ1) is 24.7. The van der Waals surface area contributed by atoms with Crippen LogP contribution in [-0.4, -0.2) is 42.5 Å². The molecule has 1 aromatic carbocycles. The molecule has 0 spiro atoms. The molecule has 2 aromatic rings. The van der Waals surface area contributed by atoms with E-state index in [0.29, 0.717) is 44.3 Å². The Labute approximate surface area is 202 Å². The molecule has 1 saturated carbocycles. The molecule has 0 unspecified atom stereocenters. The van der Waals surface area contributed by atoms with E-state index in [4.69, 9.17) is 14.3 Å². The fourth-order valence-electron chi connectivity index (χ4n) is 4.43. The van der Waals surface area contributed by atoms with Crippen LogP contribution in [0, 0.1) is 33.3 Å². The van der Waals surface area contributed by atoms with Crippen molar-refractivity contribution >= 4 is 21.7 Å². The summed E-state index contributed by atoms with van der Waals surface area (Å²) in [4.78, 5) is 32.9. The summed E-state index contributed by atoms with van der Waals surface area (Å²) >= 11 is 0. The number of carbonyl (C=O) groups is 1. The van der Waals surface area contributed by atoms with Gasteiger partial charge in [-0.25, -0.2) is 5.06 Å². The maximum atomic E-state index is 13.2. The van der Waals surface area contributed by atoms with Crippen molar-refractivity contribution in [2.24, 2.45) is 11.8 Å². The number of carbonyl (C=O) groups excluding carboxylic acids is 1. The van der Waals surface area contributed by atoms with Gasteiger partial charge in [-0.05, 0) is 55.4 Å². The van der Waals surface area contributed by atoms with Gasteiger partial charge < -0.3 is 0 Å². The molecule has 184 valence electrons. The standard InChI is InChI=1S/C23H24N4O7S/c24-12-17-11-19(14-25-13-17)22-9-10-33-26(22)23(28)18-3-1-16(2-4-18)15-34-35(31,32)21-7-5-20(6-8-21)27(29)30/h5-8,11,13-14,16,18,22H,1-4,9-10,15H2/t16-,18-,22-/m0/s1. The van der Waals surface area contributed by atoms with Gasteiger partial charge >= 0.3 is 0 Å². The summed E-state index contributed by atoms with van der Waals surface area (Å²) < 4.78 is 30.0.